The van der Waals surface area contributed by atoms with Gasteiger partial charge in [0.1, 0.15) is 15.9 Å². The summed E-state index contributed by atoms with van der Waals surface area (Å²) in [7, 11) is -0.877. The monoisotopic (exact) mass is 369 g/mol. The van der Waals surface area contributed by atoms with Gasteiger partial charge in [-0.15, -0.1) is 0 Å². The Morgan fingerprint density at radius 1 is 0.400 bits per heavy atom. The molecule has 0 aliphatic heterocycles. The van der Waals surface area contributed by atoms with E-state index >= 15 is 0 Å². The summed E-state index contributed by atoms with van der Waals surface area (Å²) in [5, 5.41) is 4.31. The maximum Gasteiger partial charge on any atom is 2.00 e. The largest absolute Gasteiger partial charge is 2.00 e. The van der Waals surface area contributed by atoms with Gasteiger partial charge in [0.15, 0.2) is 0 Å². The van der Waals surface area contributed by atoms with Crippen molar-refractivity contribution in [2.24, 2.45) is 0 Å². The van der Waals surface area contributed by atoms with E-state index < -0.39 is 7.92 Å². The number of hydrogen-bond acceptors (Lipinski definition) is 0. The smallest absolute Gasteiger partial charge is 0.0620 e. The zero-order valence-electron chi connectivity index (χ0n) is 11.0. The van der Waals surface area contributed by atoms with Crippen LogP contribution >= 0.6 is 7.92 Å². The van der Waals surface area contributed by atoms with Crippen molar-refractivity contribution in [1.82, 2.24) is 0 Å². The van der Waals surface area contributed by atoms with Gasteiger partial charge in [0.2, 0.25) is 0 Å². The molecule has 3 rings (SSSR count). The summed E-state index contributed by atoms with van der Waals surface area (Å²) < 4.78 is 0. The molecule has 100 valence electrons. The predicted octanol–water partition coefficient (Wildman–Crippen LogP) is 3.17. The molecule has 0 saturated heterocycles. The third-order valence-electron chi connectivity index (χ3n) is 3.19. The van der Waals surface area contributed by atoms with Crippen LogP contribution in [0.5, 0.6) is 0 Å². The van der Waals surface area contributed by atoms with Crippen LogP contribution in [0.25, 0.3) is 0 Å². The molecule has 0 aliphatic carbocycles. The molecule has 0 amide bonds. The van der Waals surface area contributed by atoms with E-state index in [2.05, 4.69) is 91.0 Å². The molecule has 2 heteroatoms. The fourth-order valence-electron chi connectivity index (χ4n) is 2.31. The average Bonchev–Trinajstić information content (AvgIpc) is 2.51. The van der Waals surface area contributed by atoms with Gasteiger partial charge in [-0.1, -0.05) is 54.6 Å². The normalized spacial score (nSPS) is 10.1. The molecule has 20 heavy (non-hydrogen) atoms. The molecule has 0 unspecified atom stereocenters. The summed E-state index contributed by atoms with van der Waals surface area (Å²) >= 11 is 0. The standard InChI is InChI=1S/C18H15P.Pd/c1-4-10-16(11-5-1)19(17-12-6-2-7-13-17)18-14-8-3-9-15-18;/h1-15H;/q;+2/p+1. The van der Waals surface area contributed by atoms with Crippen molar-refractivity contribution in [3.05, 3.63) is 91.0 Å². The van der Waals surface area contributed by atoms with Crippen LogP contribution in [0.2, 0.25) is 0 Å². The SMILES string of the molecule is [Pd+2].c1ccc([PH+](c2ccccc2)c2ccccc2)cc1. The van der Waals surface area contributed by atoms with E-state index in [9.17, 15) is 0 Å². The Morgan fingerprint density at radius 2 is 0.650 bits per heavy atom. The van der Waals surface area contributed by atoms with Crippen molar-refractivity contribution >= 4 is 23.8 Å². The summed E-state index contributed by atoms with van der Waals surface area (Å²) in [6.45, 7) is 0. The molecule has 0 aliphatic rings. The van der Waals surface area contributed by atoms with Gasteiger partial charge in [-0.05, 0) is 36.4 Å². The van der Waals surface area contributed by atoms with Crippen LogP contribution in [0.1, 0.15) is 0 Å². The van der Waals surface area contributed by atoms with Crippen molar-refractivity contribution < 1.29 is 20.4 Å². The Balaban J connectivity index is 0.00000147. The first-order valence-corrected chi connectivity index (χ1v) is 7.98. The number of benzene rings is 3. The molecule has 0 radical (unpaired) electrons. The zero-order valence-corrected chi connectivity index (χ0v) is 13.5. The van der Waals surface area contributed by atoms with Gasteiger partial charge in [-0.25, -0.2) is 0 Å². The minimum Gasteiger partial charge on any atom is -0.0620 e. The van der Waals surface area contributed by atoms with Gasteiger partial charge in [-0.3, -0.25) is 0 Å². The molecular weight excluding hydrogens is 354 g/mol. The topological polar surface area (TPSA) is 0 Å². The van der Waals surface area contributed by atoms with E-state index in [1.807, 2.05) is 0 Å². The maximum atomic E-state index is 2.24. The van der Waals surface area contributed by atoms with Gasteiger partial charge in [-0.2, -0.15) is 0 Å². The summed E-state index contributed by atoms with van der Waals surface area (Å²) in [4.78, 5) is 0. The van der Waals surface area contributed by atoms with Crippen LogP contribution in [-0.4, -0.2) is 0 Å². The van der Waals surface area contributed by atoms with Gasteiger partial charge < -0.3 is 0 Å². The molecule has 3 aromatic carbocycles. The minimum absolute atomic E-state index is 0. The zero-order chi connectivity index (χ0) is 12.9. The maximum absolute atomic E-state index is 2.24. The molecule has 0 bridgehead atoms. The average molecular weight is 370 g/mol. The van der Waals surface area contributed by atoms with E-state index in [4.69, 9.17) is 0 Å². The molecule has 0 N–H and O–H groups in total. The fraction of sp³-hybridized carbons (Fsp3) is 0. The van der Waals surface area contributed by atoms with Crippen molar-refractivity contribution in [2.75, 3.05) is 0 Å². The summed E-state index contributed by atoms with van der Waals surface area (Å²) in [5.74, 6) is 0. The quantitative estimate of drug-likeness (QED) is 0.491. The third-order valence-corrected chi connectivity index (χ3v) is 5.92. The van der Waals surface area contributed by atoms with Crippen LogP contribution < -0.4 is 15.9 Å². The van der Waals surface area contributed by atoms with Crippen molar-refractivity contribution in [3.8, 4) is 0 Å². The molecule has 0 spiro atoms. The molecule has 0 fully saturated rings. The summed E-state index contributed by atoms with van der Waals surface area (Å²) in [6.07, 6.45) is 0. The first kappa shape index (κ1) is 15.1. The van der Waals surface area contributed by atoms with Gasteiger partial charge in [0.05, 0.1) is 7.92 Å². The molecular formula is C18H16PPd+3. The van der Waals surface area contributed by atoms with Crippen LogP contribution in [0.4, 0.5) is 0 Å². The molecule has 0 aromatic heterocycles. The van der Waals surface area contributed by atoms with Crippen molar-refractivity contribution in [2.45, 2.75) is 0 Å². The van der Waals surface area contributed by atoms with Gasteiger partial charge >= 0.3 is 20.4 Å². The van der Waals surface area contributed by atoms with E-state index in [1.165, 1.54) is 15.9 Å². The molecule has 0 saturated carbocycles. The minimum atomic E-state index is -0.877. The van der Waals surface area contributed by atoms with Crippen LogP contribution in [-0.2, 0) is 20.4 Å². The van der Waals surface area contributed by atoms with Crippen molar-refractivity contribution in [1.29, 1.82) is 0 Å². The Labute approximate surface area is 135 Å². The molecule has 3 aromatic rings. The predicted molar refractivity (Wildman–Crippen MR) is 86.5 cm³/mol. The first-order valence-electron chi connectivity index (χ1n) is 6.48. The molecule has 0 atom stereocenters. The Hall–Kier alpha value is -1.25. The molecule has 0 nitrogen and oxygen atoms in total. The van der Waals surface area contributed by atoms with Gasteiger partial charge in [0.25, 0.3) is 0 Å². The van der Waals surface area contributed by atoms with E-state index in [1.54, 1.807) is 0 Å². The van der Waals surface area contributed by atoms with E-state index in [0.717, 1.165) is 0 Å². The fourth-order valence-corrected chi connectivity index (χ4v) is 4.89. The Morgan fingerprint density at radius 3 is 0.900 bits per heavy atom. The number of hydrogen-bond donors (Lipinski definition) is 0. The van der Waals surface area contributed by atoms with Crippen LogP contribution in [0.15, 0.2) is 91.0 Å². The second-order valence-electron chi connectivity index (χ2n) is 4.47. The second kappa shape index (κ2) is 7.51. The van der Waals surface area contributed by atoms with Gasteiger partial charge in [0, 0.05) is 0 Å². The summed E-state index contributed by atoms with van der Waals surface area (Å²) in [6, 6.07) is 32.5. The first-order chi connectivity index (χ1) is 9.45. The molecule has 0 heterocycles. The Bertz CT molecular complexity index is 529. The van der Waals surface area contributed by atoms with E-state index in [0.29, 0.717) is 0 Å². The summed E-state index contributed by atoms with van der Waals surface area (Å²) in [5.41, 5.74) is 0. The Kier molecular flexibility index (Phi) is 5.69. The van der Waals surface area contributed by atoms with Crippen LogP contribution in [0.3, 0.4) is 0 Å². The van der Waals surface area contributed by atoms with Crippen LogP contribution in [0, 0.1) is 0 Å². The second-order valence-corrected chi connectivity index (χ2v) is 6.96. The van der Waals surface area contributed by atoms with Crippen molar-refractivity contribution in [3.63, 3.8) is 0 Å². The number of rotatable bonds is 3. The van der Waals surface area contributed by atoms with E-state index in [-0.39, 0.29) is 20.4 Å². The third kappa shape index (κ3) is 3.44.